The van der Waals surface area contributed by atoms with Gasteiger partial charge in [0.25, 0.3) is 11.8 Å². The minimum Gasteiger partial charge on any atom is -0.345 e. The summed E-state index contributed by atoms with van der Waals surface area (Å²) in [6, 6.07) is 12.3. The molecule has 2 unspecified atom stereocenters. The van der Waals surface area contributed by atoms with Gasteiger partial charge in [0.05, 0.1) is 23.5 Å². The SMILES string of the molecule is CSc1ccc(-c2ccc3c(c2)C(=O)N2CCC(NC(=O)c4cnccn4)C2C(=O)N3)cc1. The van der Waals surface area contributed by atoms with E-state index in [2.05, 4.69) is 20.6 Å². The summed E-state index contributed by atoms with van der Waals surface area (Å²) in [6.45, 7) is 0.369. The maximum atomic E-state index is 13.4. The lowest BCUT2D eigenvalue weighted by atomic mass is 10.0. The fourth-order valence-electron chi connectivity index (χ4n) is 4.31. The third-order valence-electron chi connectivity index (χ3n) is 5.97. The Labute approximate surface area is 194 Å². The van der Waals surface area contributed by atoms with Crippen molar-refractivity contribution in [2.75, 3.05) is 18.1 Å². The van der Waals surface area contributed by atoms with Crippen LogP contribution in [0.25, 0.3) is 11.1 Å². The van der Waals surface area contributed by atoms with Gasteiger partial charge in [-0.2, -0.15) is 0 Å². The fourth-order valence-corrected chi connectivity index (χ4v) is 4.72. The number of amides is 3. The molecule has 2 aliphatic heterocycles. The van der Waals surface area contributed by atoms with Crippen LogP contribution < -0.4 is 10.6 Å². The topological polar surface area (TPSA) is 104 Å². The number of hydrogen-bond donors (Lipinski definition) is 2. The standard InChI is InChI=1S/C24H21N5O3S/c1-33-16-5-2-14(3-6-16)15-4-7-18-17(12-15)24(32)29-11-8-19(21(29)23(31)27-18)28-22(30)20-13-25-9-10-26-20/h2-7,9-10,12-13,19,21H,8,11H2,1H3,(H,27,31)(H,28,30). The molecule has 0 saturated carbocycles. The van der Waals surface area contributed by atoms with Crippen molar-refractivity contribution in [2.45, 2.75) is 23.4 Å². The first kappa shape index (κ1) is 21.1. The van der Waals surface area contributed by atoms with Gasteiger partial charge in [-0.25, -0.2) is 4.98 Å². The zero-order chi connectivity index (χ0) is 22.9. The zero-order valence-electron chi connectivity index (χ0n) is 17.8. The van der Waals surface area contributed by atoms with Crippen molar-refractivity contribution in [1.82, 2.24) is 20.2 Å². The summed E-state index contributed by atoms with van der Waals surface area (Å²) >= 11 is 1.67. The van der Waals surface area contributed by atoms with Crippen molar-refractivity contribution < 1.29 is 14.4 Å². The van der Waals surface area contributed by atoms with E-state index in [-0.39, 0.29) is 17.5 Å². The lowest BCUT2D eigenvalue weighted by Gasteiger charge is -2.24. The number of nitrogens with zero attached hydrogens (tertiary/aromatic N) is 3. The van der Waals surface area contributed by atoms with Crippen LogP contribution in [-0.4, -0.2) is 57.5 Å². The number of anilines is 1. The average Bonchev–Trinajstić information content (AvgIpc) is 3.23. The molecule has 3 amide bonds. The number of carbonyl (C=O) groups is 3. The molecular formula is C24H21N5O3S. The second-order valence-corrected chi connectivity index (χ2v) is 8.76. The second kappa shape index (κ2) is 8.67. The van der Waals surface area contributed by atoms with Gasteiger partial charge in [-0.3, -0.25) is 19.4 Å². The fraction of sp³-hybridized carbons (Fsp3) is 0.208. The van der Waals surface area contributed by atoms with Crippen LogP contribution in [0.4, 0.5) is 5.69 Å². The van der Waals surface area contributed by atoms with Gasteiger partial charge < -0.3 is 15.5 Å². The molecule has 2 aromatic carbocycles. The van der Waals surface area contributed by atoms with Crippen LogP contribution in [0.3, 0.4) is 0 Å². The van der Waals surface area contributed by atoms with E-state index >= 15 is 0 Å². The summed E-state index contributed by atoms with van der Waals surface area (Å²) < 4.78 is 0. The molecule has 0 radical (unpaired) electrons. The minimum atomic E-state index is -0.796. The van der Waals surface area contributed by atoms with Crippen molar-refractivity contribution in [3.8, 4) is 11.1 Å². The summed E-state index contributed by atoms with van der Waals surface area (Å²) in [5.41, 5.74) is 2.97. The maximum absolute atomic E-state index is 13.4. The van der Waals surface area contributed by atoms with Crippen molar-refractivity contribution in [3.63, 3.8) is 0 Å². The van der Waals surface area contributed by atoms with Crippen LogP contribution in [0.5, 0.6) is 0 Å². The Bertz CT molecular complexity index is 1230. The van der Waals surface area contributed by atoms with Gasteiger partial charge in [0.2, 0.25) is 5.91 Å². The molecule has 9 heteroatoms. The highest BCUT2D eigenvalue weighted by Crippen LogP contribution is 2.33. The van der Waals surface area contributed by atoms with E-state index in [1.165, 1.54) is 18.6 Å². The molecule has 0 spiro atoms. The normalized spacial score (nSPS) is 19.4. The zero-order valence-corrected chi connectivity index (χ0v) is 18.6. The Kier molecular flexibility index (Phi) is 5.55. The molecule has 8 nitrogen and oxygen atoms in total. The molecule has 5 rings (SSSR count). The first-order valence-electron chi connectivity index (χ1n) is 10.5. The molecule has 3 aromatic rings. The molecule has 2 atom stereocenters. The van der Waals surface area contributed by atoms with Crippen LogP contribution in [0.15, 0.2) is 66.0 Å². The summed E-state index contributed by atoms with van der Waals surface area (Å²) in [5, 5.41) is 5.73. The van der Waals surface area contributed by atoms with Gasteiger partial charge in [0.1, 0.15) is 11.7 Å². The molecule has 33 heavy (non-hydrogen) atoms. The van der Waals surface area contributed by atoms with E-state index in [9.17, 15) is 14.4 Å². The molecule has 3 heterocycles. The van der Waals surface area contributed by atoms with E-state index in [1.54, 1.807) is 22.7 Å². The highest BCUT2D eigenvalue weighted by atomic mass is 32.2. The number of hydrogen-bond acceptors (Lipinski definition) is 6. The van der Waals surface area contributed by atoms with E-state index < -0.39 is 18.0 Å². The Morgan fingerprint density at radius 1 is 1.12 bits per heavy atom. The number of aromatic nitrogens is 2. The number of carbonyl (C=O) groups excluding carboxylic acids is 3. The van der Waals surface area contributed by atoms with E-state index in [0.29, 0.717) is 24.2 Å². The Hall–Kier alpha value is -3.72. The van der Waals surface area contributed by atoms with Crippen molar-refractivity contribution >= 4 is 35.2 Å². The van der Waals surface area contributed by atoms with Gasteiger partial charge in [0.15, 0.2) is 0 Å². The van der Waals surface area contributed by atoms with Crippen molar-refractivity contribution in [3.05, 3.63) is 72.3 Å². The number of thioether (sulfide) groups is 1. The molecule has 2 aliphatic rings. The van der Waals surface area contributed by atoms with Gasteiger partial charge in [0, 0.05) is 23.8 Å². The average molecular weight is 460 g/mol. The smallest absolute Gasteiger partial charge is 0.271 e. The molecule has 2 N–H and O–H groups in total. The summed E-state index contributed by atoms with van der Waals surface area (Å²) in [6.07, 6.45) is 6.77. The van der Waals surface area contributed by atoms with Crippen LogP contribution in [-0.2, 0) is 4.79 Å². The largest absolute Gasteiger partial charge is 0.345 e. The third-order valence-corrected chi connectivity index (χ3v) is 6.71. The molecular weight excluding hydrogens is 438 g/mol. The number of nitrogens with one attached hydrogen (secondary N) is 2. The van der Waals surface area contributed by atoms with Crippen LogP contribution >= 0.6 is 11.8 Å². The molecule has 1 fully saturated rings. The van der Waals surface area contributed by atoms with Gasteiger partial charge in [-0.05, 0) is 48.1 Å². The highest BCUT2D eigenvalue weighted by Gasteiger charge is 2.45. The van der Waals surface area contributed by atoms with Crippen LogP contribution in [0.2, 0.25) is 0 Å². The van der Waals surface area contributed by atoms with Gasteiger partial charge >= 0.3 is 0 Å². The quantitative estimate of drug-likeness (QED) is 0.582. The molecule has 1 aromatic heterocycles. The Morgan fingerprint density at radius 3 is 2.64 bits per heavy atom. The van der Waals surface area contributed by atoms with Gasteiger partial charge in [-0.15, -0.1) is 11.8 Å². The third kappa shape index (κ3) is 3.95. The predicted octanol–water partition coefficient (Wildman–Crippen LogP) is 2.83. The van der Waals surface area contributed by atoms with Crippen molar-refractivity contribution in [2.24, 2.45) is 0 Å². The summed E-state index contributed by atoms with van der Waals surface area (Å²) in [7, 11) is 0. The first-order chi connectivity index (χ1) is 16.0. The monoisotopic (exact) mass is 459 g/mol. The van der Waals surface area contributed by atoms with Crippen LogP contribution in [0, 0.1) is 0 Å². The second-order valence-electron chi connectivity index (χ2n) is 7.88. The predicted molar refractivity (Wildman–Crippen MR) is 125 cm³/mol. The van der Waals surface area contributed by atoms with Crippen LogP contribution in [0.1, 0.15) is 27.3 Å². The Balaban J connectivity index is 1.41. The molecule has 166 valence electrons. The lowest BCUT2D eigenvalue weighted by Crippen LogP contribution is -2.51. The number of benzene rings is 2. The Morgan fingerprint density at radius 2 is 1.91 bits per heavy atom. The van der Waals surface area contributed by atoms with Crippen molar-refractivity contribution in [1.29, 1.82) is 0 Å². The minimum absolute atomic E-state index is 0.164. The molecule has 0 aliphatic carbocycles. The first-order valence-corrected chi connectivity index (χ1v) is 11.7. The highest BCUT2D eigenvalue weighted by molar-refractivity contribution is 7.98. The molecule has 0 bridgehead atoms. The van der Waals surface area contributed by atoms with E-state index in [1.807, 2.05) is 42.7 Å². The van der Waals surface area contributed by atoms with Gasteiger partial charge in [-0.1, -0.05) is 18.2 Å². The van der Waals surface area contributed by atoms with E-state index in [0.717, 1.165) is 16.0 Å². The number of fused-ring (bicyclic) bond motifs is 2. The lowest BCUT2D eigenvalue weighted by molar-refractivity contribution is -0.120. The number of rotatable bonds is 4. The molecule has 1 saturated heterocycles. The summed E-state index contributed by atoms with van der Waals surface area (Å²) in [5.74, 6) is -0.971. The van der Waals surface area contributed by atoms with E-state index in [4.69, 9.17) is 0 Å². The maximum Gasteiger partial charge on any atom is 0.271 e. The summed E-state index contributed by atoms with van der Waals surface area (Å²) in [4.78, 5) is 49.7.